The molecule has 2 N–H and O–H groups in total. The lowest BCUT2D eigenvalue weighted by atomic mass is 10.1. The van der Waals surface area contributed by atoms with Gasteiger partial charge in [0.2, 0.25) is 15.9 Å². The van der Waals surface area contributed by atoms with Gasteiger partial charge in [0.15, 0.2) is 0 Å². The van der Waals surface area contributed by atoms with Crippen LogP contribution in [0.3, 0.4) is 0 Å². The number of thioether (sulfide) groups is 1. The Morgan fingerprint density at radius 2 is 1.77 bits per heavy atom. The molecule has 0 saturated heterocycles. The number of amides is 1. The Balaban J connectivity index is 1.97. The number of carbonyl (C=O) groups excluding carboxylic acids is 1. The highest BCUT2D eigenvalue weighted by molar-refractivity contribution is 7.98. The van der Waals surface area contributed by atoms with Gasteiger partial charge in [-0.05, 0) is 48.1 Å². The van der Waals surface area contributed by atoms with Crippen LogP contribution in [0.15, 0.2) is 60.0 Å². The van der Waals surface area contributed by atoms with Gasteiger partial charge in [-0.1, -0.05) is 54.6 Å². The van der Waals surface area contributed by atoms with Crippen molar-refractivity contribution < 1.29 is 17.9 Å². The van der Waals surface area contributed by atoms with E-state index in [0.29, 0.717) is 31.9 Å². The fraction of sp³-hybridized carbons (Fsp3) is 0.348. The predicted octanol–water partition coefficient (Wildman–Crippen LogP) is 3.55. The fourth-order valence-electron chi connectivity index (χ4n) is 2.73. The van der Waals surface area contributed by atoms with Gasteiger partial charge in [-0.3, -0.25) is 4.79 Å². The van der Waals surface area contributed by atoms with E-state index >= 15 is 0 Å². The summed E-state index contributed by atoms with van der Waals surface area (Å²) in [4.78, 5) is 12.7. The Bertz CT molecular complexity index is 930. The Hall–Kier alpha value is -2.13. The molecule has 0 saturated carbocycles. The van der Waals surface area contributed by atoms with Gasteiger partial charge in [0.25, 0.3) is 0 Å². The molecular weight excluding hydrogens is 432 g/mol. The van der Waals surface area contributed by atoms with E-state index in [1.54, 1.807) is 11.8 Å². The van der Waals surface area contributed by atoms with Gasteiger partial charge in [0.1, 0.15) is 6.04 Å². The first kappa shape index (κ1) is 25.1. The largest absolute Gasteiger partial charge is 0.377 e. The summed E-state index contributed by atoms with van der Waals surface area (Å²) >= 11 is 1.56. The number of hydrogen-bond acceptors (Lipinski definition) is 5. The van der Waals surface area contributed by atoms with E-state index in [2.05, 4.69) is 10.0 Å². The zero-order valence-electron chi connectivity index (χ0n) is 17.9. The normalized spacial score (nSPS) is 12.7. The van der Waals surface area contributed by atoms with Crippen LogP contribution in [0.2, 0.25) is 0 Å². The Morgan fingerprint density at radius 3 is 2.42 bits per heavy atom. The molecule has 31 heavy (non-hydrogen) atoms. The van der Waals surface area contributed by atoms with Crippen molar-refractivity contribution in [1.82, 2.24) is 10.0 Å². The van der Waals surface area contributed by atoms with Crippen LogP contribution in [0.1, 0.15) is 30.0 Å². The molecule has 0 aliphatic heterocycles. The van der Waals surface area contributed by atoms with Crippen molar-refractivity contribution in [2.75, 3.05) is 18.6 Å². The maximum absolute atomic E-state index is 12.7. The smallest absolute Gasteiger partial charge is 0.238 e. The predicted molar refractivity (Wildman–Crippen MR) is 128 cm³/mol. The minimum atomic E-state index is -3.77. The van der Waals surface area contributed by atoms with Crippen LogP contribution in [0, 0.1) is 0 Å². The summed E-state index contributed by atoms with van der Waals surface area (Å²) < 4.78 is 32.9. The van der Waals surface area contributed by atoms with E-state index in [1.807, 2.05) is 67.8 Å². The van der Waals surface area contributed by atoms with Crippen molar-refractivity contribution in [3.05, 3.63) is 76.7 Å². The quantitative estimate of drug-likeness (QED) is 0.476. The van der Waals surface area contributed by atoms with Crippen LogP contribution in [0.4, 0.5) is 0 Å². The summed E-state index contributed by atoms with van der Waals surface area (Å²) in [6.45, 7) is 3.48. The molecule has 0 spiro atoms. The summed E-state index contributed by atoms with van der Waals surface area (Å²) in [5.74, 6) is 0.318. The number of sulfonamides is 1. The molecule has 168 valence electrons. The van der Waals surface area contributed by atoms with Crippen molar-refractivity contribution in [2.24, 2.45) is 0 Å². The first-order chi connectivity index (χ1) is 14.9. The number of carbonyl (C=O) groups is 1. The molecule has 0 aliphatic carbocycles. The summed E-state index contributed by atoms with van der Waals surface area (Å²) in [6.07, 6.45) is 3.83. The molecule has 1 atom stereocenters. The van der Waals surface area contributed by atoms with E-state index in [1.165, 1.54) is 6.08 Å². The zero-order valence-corrected chi connectivity index (χ0v) is 19.5. The molecule has 0 aliphatic rings. The molecular formula is C23H30N2O4S2. The second-order valence-corrected chi connectivity index (χ2v) is 9.47. The SMILES string of the molecule is CCOCc1ccc(CNC(=O)C(CCSC)NS(=O)(=O)/C=C/c2ccccc2)cc1. The molecule has 2 aromatic carbocycles. The minimum absolute atomic E-state index is 0.325. The fourth-order valence-corrected chi connectivity index (χ4v) is 4.24. The highest BCUT2D eigenvalue weighted by atomic mass is 32.2. The van der Waals surface area contributed by atoms with Crippen LogP contribution in [0.5, 0.6) is 0 Å². The zero-order chi connectivity index (χ0) is 22.5. The van der Waals surface area contributed by atoms with E-state index < -0.39 is 16.1 Å². The van der Waals surface area contributed by atoms with Crippen LogP contribution < -0.4 is 10.0 Å². The third-order valence-corrected chi connectivity index (χ3v) is 6.19. The molecule has 0 radical (unpaired) electrons. The van der Waals surface area contributed by atoms with Crippen LogP contribution in [0.25, 0.3) is 6.08 Å². The molecule has 8 heteroatoms. The van der Waals surface area contributed by atoms with E-state index in [4.69, 9.17) is 4.74 Å². The van der Waals surface area contributed by atoms with Gasteiger partial charge in [0, 0.05) is 18.6 Å². The molecule has 0 bridgehead atoms. The average Bonchev–Trinajstić information content (AvgIpc) is 2.79. The highest BCUT2D eigenvalue weighted by Crippen LogP contribution is 2.08. The minimum Gasteiger partial charge on any atom is -0.377 e. The van der Waals surface area contributed by atoms with Crippen molar-refractivity contribution in [3.63, 3.8) is 0 Å². The Morgan fingerprint density at radius 1 is 1.10 bits per heavy atom. The van der Waals surface area contributed by atoms with Gasteiger partial charge < -0.3 is 10.1 Å². The monoisotopic (exact) mass is 462 g/mol. The maximum Gasteiger partial charge on any atom is 0.238 e. The molecule has 1 unspecified atom stereocenters. The second-order valence-electron chi connectivity index (χ2n) is 6.88. The number of ether oxygens (including phenoxy) is 1. The molecule has 1 amide bonds. The van der Waals surface area contributed by atoms with Gasteiger partial charge in [-0.15, -0.1) is 0 Å². The molecule has 0 fully saturated rings. The van der Waals surface area contributed by atoms with Crippen LogP contribution in [-0.2, 0) is 32.7 Å². The summed E-state index contributed by atoms with van der Waals surface area (Å²) in [7, 11) is -3.77. The van der Waals surface area contributed by atoms with Crippen molar-refractivity contribution in [1.29, 1.82) is 0 Å². The Labute approximate surface area is 189 Å². The summed E-state index contributed by atoms with van der Waals surface area (Å²) in [5, 5.41) is 3.93. The van der Waals surface area contributed by atoms with Gasteiger partial charge in [0.05, 0.1) is 6.61 Å². The molecule has 0 heterocycles. The Kier molecular flexibility index (Phi) is 10.8. The first-order valence-corrected chi connectivity index (χ1v) is 13.0. The average molecular weight is 463 g/mol. The maximum atomic E-state index is 12.7. The number of hydrogen-bond donors (Lipinski definition) is 2. The molecule has 2 aromatic rings. The van der Waals surface area contributed by atoms with Gasteiger partial charge in [-0.2, -0.15) is 16.5 Å². The van der Waals surface area contributed by atoms with Gasteiger partial charge >= 0.3 is 0 Å². The lowest BCUT2D eigenvalue weighted by Crippen LogP contribution is -2.46. The van der Waals surface area contributed by atoms with Crippen molar-refractivity contribution >= 4 is 33.8 Å². The first-order valence-electron chi connectivity index (χ1n) is 10.1. The van der Waals surface area contributed by atoms with Gasteiger partial charge in [-0.25, -0.2) is 8.42 Å². The number of nitrogens with one attached hydrogen (secondary N) is 2. The second kappa shape index (κ2) is 13.3. The van der Waals surface area contributed by atoms with Crippen molar-refractivity contribution in [3.8, 4) is 0 Å². The topological polar surface area (TPSA) is 84.5 Å². The number of rotatable bonds is 13. The molecule has 0 aromatic heterocycles. The lowest BCUT2D eigenvalue weighted by molar-refractivity contribution is -0.122. The van der Waals surface area contributed by atoms with Crippen LogP contribution >= 0.6 is 11.8 Å². The lowest BCUT2D eigenvalue weighted by Gasteiger charge is -2.17. The van der Waals surface area contributed by atoms with E-state index in [0.717, 1.165) is 22.1 Å². The third-order valence-electron chi connectivity index (χ3n) is 4.44. The summed E-state index contributed by atoms with van der Waals surface area (Å²) in [5.41, 5.74) is 2.77. The standard InChI is InChI=1S/C23H30N2O4S2/c1-3-29-18-21-11-9-20(10-12-21)17-24-23(26)22(13-15-30-2)25-31(27,28)16-14-19-7-5-4-6-8-19/h4-12,14,16,22,25H,3,13,15,17-18H2,1-2H3,(H,24,26)/b16-14+. The van der Waals surface area contributed by atoms with Crippen LogP contribution in [-0.4, -0.2) is 39.0 Å². The third kappa shape index (κ3) is 9.69. The van der Waals surface area contributed by atoms with E-state index in [-0.39, 0.29) is 5.91 Å². The highest BCUT2D eigenvalue weighted by Gasteiger charge is 2.22. The summed E-state index contributed by atoms with van der Waals surface area (Å²) in [6, 6.07) is 16.1. The molecule has 6 nitrogen and oxygen atoms in total. The number of benzene rings is 2. The van der Waals surface area contributed by atoms with Crippen molar-refractivity contribution in [2.45, 2.75) is 32.5 Å². The molecule has 2 rings (SSSR count). The van der Waals surface area contributed by atoms with E-state index in [9.17, 15) is 13.2 Å².